The van der Waals surface area contributed by atoms with Gasteiger partial charge in [0, 0.05) is 11.8 Å². The Morgan fingerprint density at radius 3 is 2.48 bits per heavy atom. The minimum absolute atomic E-state index is 0.0293. The first kappa shape index (κ1) is 16.7. The molecule has 2 saturated heterocycles. The van der Waals surface area contributed by atoms with Crippen LogP contribution in [0.1, 0.15) is 59.3 Å². The van der Waals surface area contributed by atoms with Gasteiger partial charge in [-0.3, -0.25) is 9.59 Å². The van der Waals surface area contributed by atoms with Crippen molar-refractivity contribution in [2.45, 2.75) is 76.1 Å². The molecule has 0 aromatic rings. The lowest BCUT2D eigenvalue weighted by atomic mass is 9.86. The van der Waals surface area contributed by atoms with Gasteiger partial charge in [0.2, 0.25) is 11.8 Å². The van der Waals surface area contributed by atoms with Crippen molar-refractivity contribution in [2.75, 3.05) is 12.3 Å². The first-order valence-corrected chi connectivity index (χ1v) is 9.37. The van der Waals surface area contributed by atoms with E-state index >= 15 is 0 Å². The van der Waals surface area contributed by atoms with Crippen molar-refractivity contribution in [2.24, 2.45) is 0 Å². The minimum atomic E-state index is -0.678. The standard InChI is InChI=1S/C16H28N2O2S/c1-4-13-14(19)17-16(5-2,6-3)15(20)18(13)11-12-9-7-8-10-21-12/h12-13H,4-11H2,1-3H3,(H,17,19). The maximum absolute atomic E-state index is 13.0. The van der Waals surface area contributed by atoms with Crippen LogP contribution in [-0.4, -0.2) is 45.8 Å². The smallest absolute Gasteiger partial charge is 0.249 e. The van der Waals surface area contributed by atoms with Gasteiger partial charge in [-0.05, 0) is 37.9 Å². The molecule has 0 bridgehead atoms. The Bertz CT molecular complexity index is 390. The zero-order valence-electron chi connectivity index (χ0n) is 13.5. The third-order valence-corrected chi connectivity index (χ3v) is 6.36. The van der Waals surface area contributed by atoms with Gasteiger partial charge in [-0.2, -0.15) is 11.8 Å². The Labute approximate surface area is 132 Å². The van der Waals surface area contributed by atoms with Crippen LogP contribution >= 0.6 is 11.8 Å². The van der Waals surface area contributed by atoms with E-state index in [1.807, 2.05) is 37.4 Å². The van der Waals surface area contributed by atoms with E-state index in [9.17, 15) is 9.59 Å². The highest BCUT2D eigenvalue weighted by Gasteiger charge is 2.48. The summed E-state index contributed by atoms with van der Waals surface area (Å²) in [6.07, 6.45) is 5.71. The molecule has 0 aromatic carbocycles. The van der Waals surface area contributed by atoms with Gasteiger partial charge in [0.05, 0.1) is 0 Å². The maximum atomic E-state index is 13.0. The quantitative estimate of drug-likeness (QED) is 0.849. The highest BCUT2D eigenvalue weighted by molar-refractivity contribution is 7.99. The van der Waals surface area contributed by atoms with Gasteiger partial charge in [0.15, 0.2) is 0 Å². The Kier molecular flexibility index (Phi) is 5.58. The summed E-state index contributed by atoms with van der Waals surface area (Å²) < 4.78 is 0. The van der Waals surface area contributed by atoms with E-state index in [-0.39, 0.29) is 17.9 Å². The van der Waals surface area contributed by atoms with Gasteiger partial charge in [0.25, 0.3) is 0 Å². The van der Waals surface area contributed by atoms with E-state index in [1.54, 1.807) is 0 Å². The Hall–Kier alpha value is -0.710. The van der Waals surface area contributed by atoms with E-state index in [4.69, 9.17) is 0 Å². The lowest BCUT2D eigenvalue weighted by Gasteiger charge is -2.46. The molecule has 2 amide bonds. The molecule has 5 heteroatoms. The van der Waals surface area contributed by atoms with Crippen molar-refractivity contribution in [3.63, 3.8) is 0 Å². The van der Waals surface area contributed by atoms with Crippen molar-refractivity contribution in [1.82, 2.24) is 10.2 Å². The third kappa shape index (κ3) is 3.22. The highest BCUT2D eigenvalue weighted by atomic mass is 32.2. The predicted molar refractivity (Wildman–Crippen MR) is 87.3 cm³/mol. The van der Waals surface area contributed by atoms with Crippen molar-refractivity contribution in [3.8, 4) is 0 Å². The molecule has 0 saturated carbocycles. The van der Waals surface area contributed by atoms with E-state index in [0.717, 1.165) is 13.0 Å². The Morgan fingerprint density at radius 1 is 1.24 bits per heavy atom. The largest absolute Gasteiger partial charge is 0.340 e. The van der Waals surface area contributed by atoms with Crippen LogP contribution < -0.4 is 5.32 Å². The van der Waals surface area contributed by atoms with Crippen LogP contribution in [0.15, 0.2) is 0 Å². The normalized spacial score (nSPS) is 29.4. The number of nitrogens with zero attached hydrogens (tertiary/aromatic N) is 1. The van der Waals surface area contributed by atoms with Crippen LogP contribution in [0.4, 0.5) is 0 Å². The molecule has 2 rings (SSSR count). The van der Waals surface area contributed by atoms with Gasteiger partial charge in [0.1, 0.15) is 11.6 Å². The van der Waals surface area contributed by atoms with Crippen LogP contribution in [0.5, 0.6) is 0 Å². The number of amides is 2. The summed E-state index contributed by atoms with van der Waals surface area (Å²) in [5.74, 6) is 1.34. The molecule has 2 fully saturated rings. The molecule has 0 aromatic heterocycles. The number of carbonyl (C=O) groups is 2. The Balaban J connectivity index is 2.19. The van der Waals surface area contributed by atoms with Crippen LogP contribution in [-0.2, 0) is 9.59 Å². The predicted octanol–water partition coefficient (Wildman–Crippen LogP) is 2.57. The van der Waals surface area contributed by atoms with E-state index < -0.39 is 5.54 Å². The fourth-order valence-electron chi connectivity index (χ4n) is 3.45. The summed E-state index contributed by atoms with van der Waals surface area (Å²) in [5, 5.41) is 3.50. The molecule has 2 heterocycles. The monoisotopic (exact) mass is 312 g/mol. The number of nitrogens with one attached hydrogen (secondary N) is 1. The first-order chi connectivity index (χ1) is 10.1. The number of rotatable bonds is 5. The Morgan fingerprint density at radius 2 is 1.95 bits per heavy atom. The molecule has 2 unspecified atom stereocenters. The zero-order valence-corrected chi connectivity index (χ0v) is 14.3. The van der Waals surface area contributed by atoms with Crippen molar-refractivity contribution >= 4 is 23.6 Å². The molecule has 4 nitrogen and oxygen atoms in total. The number of piperazine rings is 1. The van der Waals surface area contributed by atoms with Crippen molar-refractivity contribution < 1.29 is 9.59 Å². The molecule has 2 aliphatic rings. The molecule has 0 radical (unpaired) electrons. The molecule has 1 N–H and O–H groups in total. The average Bonchev–Trinajstić information content (AvgIpc) is 2.52. The second-order valence-electron chi connectivity index (χ2n) is 6.15. The van der Waals surface area contributed by atoms with Crippen LogP contribution in [0, 0.1) is 0 Å². The summed E-state index contributed by atoms with van der Waals surface area (Å²) >= 11 is 1.96. The highest BCUT2D eigenvalue weighted by Crippen LogP contribution is 2.31. The van der Waals surface area contributed by atoms with Gasteiger partial charge in [-0.1, -0.05) is 27.2 Å². The summed E-state index contributed by atoms with van der Waals surface area (Å²) in [6.45, 7) is 6.70. The molecule has 0 aliphatic carbocycles. The SMILES string of the molecule is CCC1C(=O)NC(CC)(CC)C(=O)N1CC1CCCCS1. The third-order valence-electron chi connectivity index (χ3n) is 4.98. The minimum Gasteiger partial charge on any atom is -0.340 e. The molecular formula is C16H28N2O2S. The van der Waals surface area contributed by atoms with Gasteiger partial charge >= 0.3 is 0 Å². The molecule has 0 spiro atoms. The van der Waals surface area contributed by atoms with Gasteiger partial charge < -0.3 is 10.2 Å². The zero-order chi connectivity index (χ0) is 15.5. The van der Waals surface area contributed by atoms with Crippen LogP contribution in [0.2, 0.25) is 0 Å². The summed E-state index contributed by atoms with van der Waals surface area (Å²) in [6, 6.07) is -0.286. The number of hydrogen-bond donors (Lipinski definition) is 1. The van der Waals surface area contributed by atoms with Gasteiger partial charge in [-0.25, -0.2) is 0 Å². The maximum Gasteiger partial charge on any atom is 0.249 e. The van der Waals surface area contributed by atoms with E-state index in [0.29, 0.717) is 24.5 Å². The topological polar surface area (TPSA) is 49.4 Å². The number of hydrogen-bond acceptors (Lipinski definition) is 3. The van der Waals surface area contributed by atoms with Crippen molar-refractivity contribution in [3.05, 3.63) is 0 Å². The van der Waals surface area contributed by atoms with Crippen LogP contribution in [0.25, 0.3) is 0 Å². The van der Waals surface area contributed by atoms with E-state index in [2.05, 4.69) is 5.32 Å². The molecule has 2 aliphatic heterocycles. The fraction of sp³-hybridized carbons (Fsp3) is 0.875. The van der Waals surface area contributed by atoms with Crippen molar-refractivity contribution in [1.29, 1.82) is 0 Å². The molecule has 21 heavy (non-hydrogen) atoms. The number of thioether (sulfide) groups is 1. The average molecular weight is 312 g/mol. The lowest BCUT2D eigenvalue weighted by molar-refractivity contribution is -0.155. The molecule has 2 atom stereocenters. The fourth-order valence-corrected chi connectivity index (χ4v) is 4.75. The van der Waals surface area contributed by atoms with Crippen LogP contribution in [0.3, 0.4) is 0 Å². The summed E-state index contributed by atoms with van der Waals surface area (Å²) in [4.78, 5) is 27.3. The van der Waals surface area contributed by atoms with E-state index in [1.165, 1.54) is 18.6 Å². The number of carbonyl (C=O) groups excluding carboxylic acids is 2. The molecule has 120 valence electrons. The second-order valence-corrected chi connectivity index (χ2v) is 7.56. The van der Waals surface area contributed by atoms with Gasteiger partial charge in [-0.15, -0.1) is 0 Å². The molecular weight excluding hydrogens is 284 g/mol. The summed E-state index contributed by atoms with van der Waals surface area (Å²) in [7, 11) is 0. The summed E-state index contributed by atoms with van der Waals surface area (Å²) in [5.41, 5.74) is -0.678. The first-order valence-electron chi connectivity index (χ1n) is 8.32. The lowest BCUT2D eigenvalue weighted by Crippen LogP contribution is -2.70. The second kappa shape index (κ2) is 7.03.